The predicted molar refractivity (Wildman–Crippen MR) is 79.5 cm³/mol. The van der Waals surface area contributed by atoms with Crippen LogP contribution in [-0.2, 0) is 9.84 Å². The maximum atomic E-state index is 11.3. The van der Waals surface area contributed by atoms with E-state index in [0.717, 1.165) is 23.0 Å². The summed E-state index contributed by atoms with van der Waals surface area (Å²) in [6.45, 7) is 2.99. The van der Waals surface area contributed by atoms with Crippen LogP contribution in [0.5, 0.6) is 0 Å². The Morgan fingerprint density at radius 3 is 2.67 bits per heavy atom. The van der Waals surface area contributed by atoms with E-state index in [1.807, 2.05) is 24.3 Å². The standard InChI is InChI=1S/C13H20BrNO2S/c1-3-8-15-13(7-9-18(2,16)17)11-5-4-6-12(14)10-11/h4-6,10,13,15H,3,7-9H2,1-2H3. The average molecular weight is 334 g/mol. The molecule has 0 spiro atoms. The molecule has 18 heavy (non-hydrogen) atoms. The number of nitrogens with one attached hydrogen (secondary N) is 1. The topological polar surface area (TPSA) is 46.2 Å². The highest BCUT2D eigenvalue weighted by Gasteiger charge is 2.13. The van der Waals surface area contributed by atoms with Crippen LogP contribution < -0.4 is 5.32 Å². The summed E-state index contributed by atoms with van der Waals surface area (Å²) in [5, 5.41) is 3.40. The fourth-order valence-electron chi connectivity index (χ4n) is 1.76. The molecular weight excluding hydrogens is 314 g/mol. The molecule has 1 unspecified atom stereocenters. The molecule has 0 aliphatic carbocycles. The Morgan fingerprint density at radius 1 is 1.39 bits per heavy atom. The number of hydrogen-bond acceptors (Lipinski definition) is 3. The number of halogens is 1. The van der Waals surface area contributed by atoms with Crippen LogP contribution in [0.25, 0.3) is 0 Å². The lowest BCUT2D eigenvalue weighted by Gasteiger charge is -2.18. The minimum Gasteiger partial charge on any atom is -0.310 e. The van der Waals surface area contributed by atoms with Gasteiger partial charge in [-0.2, -0.15) is 0 Å². The molecule has 0 amide bonds. The summed E-state index contributed by atoms with van der Waals surface area (Å²) in [6.07, 6.45) is 2.92. The molecule has 1 aromatic carbocycles. The Hall–Kier alpha value is -0.390. The Labute approximate surface area is 118 Å². The van der Waals surface area contributed by atoms with Gasteiger partial charge < -0.3 is 5.32 Å². The fourth-order valence-corrected chi connectivity index (χ4v) is 2.84. The van der Waals surface area contributed by atoms with Crippen molar-refractivity contribution in [3.05, 3.63) is 34.3 Å². The van der Waals surface area contributed by atoms with Crippen molar-refractivity contribution < 1.29 is 8.42 Å². The van der Waals surface area contributed by atoms with Crippen molar-refractivity contribution in [2.45, 2.75) is 25.8 Å². The van der Waals surface area contributed by atoms with Crippen LogP contribution in [0.4, 0.5) is 0 Å². The van der Waals surface area contributed by atoms with Gasteiger partial charge in [0, 0.05) is 16.8 Å². The lowest BCUT2D eigenvalue weighted by Crippen LogP contribution is -2.24. The summed E-state index contributed by atoms with van der Waals surface area (Å²) >= 11 is 3.44. The van der Waals surface area contributed by atoms with Gasteiger partial charge in [-0.15, -0.1) is 0 Å². The van der Waals surface area contributed by atoms with Crippen LogP contribution in [0.15, 0.2) is 28.7 Å². The van der Waals surface area contributed by atoms with E-state index in [2.05, 4.69) is 28.2 Å². The van der Waals surface area contributed by atoms with Crippen molar-refractivity contribution in [2.75, 3.05) is 18.6 Å². The summed E-state index contributed by atoms with van der Waals surface area (Å²) in [6, 6.07) is 8.10. The minimum atomic E-state index is -2.91. The van der Waals surface area contributed by atoms with Gasteiger partial charge in [0.2, 0.25) is 0 Å². The van der Waals surface area contributed by atoms with E-state index in [1.54, 1.807) is 0 Å². The molecule has 1 aromatic rings. The van der Waals surface area contributed by atoms with Crippen LogP contribution in [0.2, 0.25) is 0 Å². The van der Waals surface area contributed by atoms with E-state index in [1.165, 1.54) is 6.26 Å². The van der Waals surface area contributed by atoms with E-state index in [4.69, 9.17) is 0 Å². The molecule has 5 heteroatoms. The molecule has 102 valence electrons. The third-order valence-electron chi connectivity index (χ3n) is 2.67. The van der Waals surface area contributed by atoms with Crippen LogP contribution in [0.3, 0.4) is 0 Å². The number of hydrogen-bond donors (Lipinski definition) is 1. The van der Waals surface area contributed by atoms with Gasteiger partial charge in [0.1, 0.15) is 9.84 Å². The second kappa shape index (κ2) is 7.26. The molecule has 3 nitrogen and oxygen atoms in total. The first-order valence-electron chi connectivity index (χ1n) is 6.09. The van der Waals surface area contributed by atoms with Gasteiger partial charge >= 0.3 is 0 Å². The smallest absolute Gasteiger partial charge is 0.147 e. The Balaban J connectivity index is 2.77. The van der Waals surface area contributed by atoms with E-state index in [0.29, 0.717) is 6.42 Å². The maximum absolute atomic E-state index is 11.3. The molecule has 0 saturated carbocycles. The molecule has 0 radical (unpaired) electrons. The van der Waals surface area contributed by atoms with Crippen molar-refractivity contribution >= 4 is 25.8 Å². The second-order valence-corrected chi connectivity index (χ2v) is 7.66. The molecule has 1 atom stereocenters. The minimum absolute atomic E-state index is 0.0946. The predicted octanol–water partition coefficient (Wildman–Crippen LogP) is 2.92. The van der Waals surface area contributed by atoms with Gasteiger partial charge in [-0.3, -0.25) is 0 Å². The van der Waals surface area contributed by atoms with Crippen LogP contribution in [-0.4, -0.2) is 27.0 Å². The van der Waals surface area contributed by atoms with Gasteiger partial charge in [0.15, 0.2) is 0 Å². The van der Waals surface area contributed by atoms with Crippen molar-refractivity contribution in [3.8, 4) is 0 Å². The van der Waals surface area contributed by atoms with Gasteiger partial charge in [0.05, 0.1) is 5.75 Å². The van der Waals surface area contributed by atoms with Crippen molar-refractivity contribution in [2.24, 2.45) is 0 Å². The summed E-state index contributed by atoms with van der Waals surface area (Å²) in [5.74, 6) is 0.209. The highest BCUT2D eigenvalue weighted by molar-refractivity contribution is 9.10. The fraction of sp³-hybridized carbons (Fsp3) is 0.538. The maximum Gasteiger partial charge on any atom is 0.147 e. The zero-order chi connectivity index (χ0) is 13.6. The normalized spacial score (nSPS) is 13.5. The van der Waals surface area contributed by atoms with Crippen molar-refractivity contribution in [1.29, 1.82) is 0 Å². The number of benzene rings is 1. The molecule has 0 fully saturated rings. The van der Waals surface area contributed by atoms with E-state index in [9.17, 15) is 8.42 Å². The highest BCUT2D eigenvalue weighted by Crippen LogP contribution is 2.21. The molecule has 0 aromatic heterocycles. The Bertz CT molecular complexity index is 474. The third kappa shape index (κ3) is 5.98. The van der Waals surface area contributed by atoms with Crippen LogP contribution >= 0.6 is 15.9 Å². The lowest BCUT2D eigenvalue weighted by molar-refractivity contribution is 0.513. The van der Waals surface area contributed by atoms with Crippen LogP contribution in [0, 0.1) is 0 Å². The van der Waals surface area contributed by atoms with E-state index in [-0.39, 0.29) is 11.8 Å². The monoisotopic (exact) mass is 333 g/mol. The third-order valence-corrected chi connectivity index (χ3v) is 4.14. The first-order chi connectivity index (χ1) is 8.42. The summed E-state index contributed by atoms with van der Waals surface area (Å²) < 4.78 is 23.6. The first-order valence-corrected chi connectivity index (χ1v) is 8.94. The van der Waals surface area contributed by atoms with E-state index >= 15 is 0 Å². The van der Waals surface area contributed by atoms with Gasteiger partial charge in [-0.25, -0.2) is 8.42 Å². The van der Waals surface area contributed by atoms with Gasteiger partial charge in [0.25, 0.3) is 0 Å². The average Bonchev–Trinajstić information content (AvgIpc) is 2.28. The van der Waals surface area contributed by atoms with Gasteiger partial charge in [-0.1, -0.05) is 35.0 Å². The molecule has 0 heterocycles. The summed E-state index contributed by atoms with van der Waals surface area (Å²) in [5.41, 5.74) is 1.13. The van der Waals surface area contributed by atoms with Crippen molar-refractivity contribution in [3.63, 3.8) is 0 Å². The quantitative estimate of drug-likeness (QED) is 0.834. The molecule has 1 rings (SSSR count). The molecule has 0 aliphatic heterocycles. The van der Waals surface area contributed by atoms with Crippen LogP contribution in [0.1, 0.15) is 31.4 Å². The second-order valence-electron chi connectivity index (χ2n) is 4.48. The zero-order valence-electron chi connectivity index (χ0n) is 10.8. The SMILES string of the molecule is CCCNC(CCS(C)(=O)=O)c1cccc(Br)c1. The first kappa shape index (κ1) is 15.7. The molecular formula is C13H20BrNO2S. The largest absolute Gasteiger partial charge is 0.310 e. The zero-order valence-corrected chi connectivity index (χ0v) is 13.2. The van der Waals surface area contributed by atoms with Gasteiger partial charge in [-0.05, 0) is 37.1 Å². The highest BCUT2D eigenvalue weighted by atomic mass is 79.9. The molecule has 1 N–H and O–H groups in total. The number of sulfone groups is 1. The van der Waals surface area contributed by atoms with Crippen molar-refractivity contribution in [1.82, 2.24) is 5.32 Å². The summed E-state index contributed by atoms with van der Waals surface area (Å²) in [7, 11) is -2.91. The summed E-state index contributed by atoms with van der Waals surface area (Å²) in [4.78, 5) is 0. The lowest BCUT2D eigenvalue weighted by atomic mass is 10.0. The number of rotatable bonds is 7. The Kier molecular flexibility index (Phi) is 6.32. The van der Waals surface area contributed by atoms with E-state index < -0.39 is 9.84 Å². The molecule has 0 saturated heterocycles. The molecule has 0 aliphatic rings. The Morgan fingerprint density at radius 2 is 2.11 bits per heavy atom. The molecule has 0 bridgehead atoms.